The SMILES string of the molecule is OB(O)c1cccc(-c2ccc(-c3c4ccccc4c(-c4ccc5ccccc5c4)c4ccccc34)c3ccccc23)c1. The zero-order valence-electron chi connectivity index (χ0n) is 23.4. The fourth-order valence-corrected chi connectivity index (χ4v) is 6.71. The van der Waals surface area contributed by atoms with E-state index in [0.29, 0.717) is 5.46 Å². The van der Waals surface area contributed by atoms with Gasteiger partial charge in [-0.25, -0.2) is 0 Å². The first-order valence-electron chi connectivity index (χ1n) is 14.6. The fraction of sp³-hybridized carbons (Fsp3) is 0. The third-order valence-electron chi connectivity index (χ3n) is 8.66. The lowest BCUT2D eigenvalue weighted by molar-refractivity contribution is 0.426. The minimum absolute atomic E-state index is 0.479. The van der Waals surface area contributed by atoms with E-state index in [4.69, 9.17) is 0 Å². The van der Waals surface area contributed by atoms with E-state index in [9.17, 15) is 10.0 Å². The molecule has 8 rings (SSSR count). The van der Waals surface area contributed by atoms with E-state index in [1.54, 1.807) is 6.07 Å². The van der Waals surface area contributed by atoms with Gasteiger partial charge in [-0.1, -0.05) is 146 Å². The molecule has 0 aromatic heterocycles. The van der Waals surface area contributed by atoms with Gasteiger partial charge in [-0.15, -0.1) is 0 Å². The van der Waals surface area contributed by atoms with Gasteiger partial charge < -0.3 is 10.0 Å². The topological polar surface area (TPSA) is 40.5 Å². The van der Waals surface area contributed by atoms with E-state index in [1.807, 2.05) is 18.2 Å². The van der Waals surface area contributed by atoms with Crippen LogP contribution in [0.3, 0.4) is 0 Å². The molecule has 2 N–H and O–H groups in total. The van der Waals surface area contributed by atoms with Crippen LogP contribution in [0.5, 0.6) is 0 Å². The van der Waals surface area contributed by atoms with Crippen molar-refractivity contribution in [1.82, 2.24) is 0 Å². The standard InChI is InChI=1S/C40H27BO2/c42-41(43)30-13-9-12-28(25-30)31-22-23-38(33-15-4-3-14-32(31)33)40-36-18-7-5-16-34(36)39(35-17-6-8-19-37(35)40)29-21-20-26-10-1-2-11-27(26)24-29/h1-25,42-43H. The smallest absolute Gasteiger partial charge is 0.423 e. The Morgan fingerprint density at radius 3 is 1.53 bits per heavy atom. The molecule has 0 saturated carbocycles. The lowest BCUT2D eigenvalue weighted by Crippen LogP contribution is -2.29. The number of fused-ring (bicyclic) bond motifs is 4. The van der Waals surface area contributed by atoms with Gasteiger partial charge in [0, 0.05) is 0 Å². The normalized spacial score (nSPS) is 11.5. The molecular weight excluding hydrogens is 523 g/mol. The Hall–Kier alpha value is -5.22. The van der Waals surface area contributed by atoms with Crippen LogP contribution in [0.4, 0.5) is 0 Å². The Morgan fingerprint density at radius 2 is 0.884 bits per heavy atom. The number of hydrogen-bond donors (Lipinski definition) is 2. The second kappa shape index (κ2) is 10.3. The van der Waals surface area contributed by atoms with Crippen LogP contribution in [-0.2, 0) is 0 Å². The molecule has 0 saturated heterocycles. The van der Waals surface area contributed by atoms with Crippen molar-refractivity contribution in [2.75, 3.05) is 0 Å². The van der Waals surface area contributed by atoms with Crippen molar-refractivity contribution < 1.29 is 10.0 Å². The molecule has 43 heavy (non-hydrogen) atoms. The number of benzene rings is 8. The van der Waals surface area contributed by atoms with Gasteiger partial charge in [0.1, 0.15) is 0 Å². The maximum atomic E-state index is 9.81. The first kappa shape index (κ1) is 25.5. The molecule has 8 aromatic rings. The molecule has 3 heteroatoms. The van der Waals surface area contributed by atoms with Gasteiger partial charge in [0.15, 0.2) is 0 Å². The summed E-state index contributed by atoms with van der Waals surface area (Å²) in [5, 5.41) is 29.3. The molecule has 2 nitrogen and oxygen atoms in total. The van der Waals surface area contributed by atoms with Crippen molar-refractivity contribution in [2.45, 2.75) is 0 Å². The lowest BCUT2D eigenvalue weighted by atomic mass is 9.78. The van der Waals surface area contributed by atoms with Crippen molar-refractivity contribution in [1.29, 1.82) is 0 Å². The Labute approximate surface area is 250 Å². The quantitative estimate of drug-likeness (QED) is 0.170. The van der Waals surface area contributed by atoms with E-state index in [-0.39, 0.29) is 0 Å². The van der Waals surface area contributed by atoms with Crippen molar-refractivity contribution in [3.8, 4) is 33.4 Å². The lowest BCUT2D eigenvalue weighted by Gasteiger charge is -2.20. The van der Waals surface area contributed by atoms with Crippen LogP contribution >= 0.6 is 0 Å². The molecule has 8 aromatic carbocycles. The molecule has 0 radical (unpaired) electrons. The van der Waals surface area contributed by atoms with Gasteiger partial charge in [-0.2, -0.15) is 0 Å². The summed E-state index contributed by atoms with van der Waals surface area (Å²) in [6, 6.07) is 53.2. The minimum atomic E-state index is -1.51. The van der Waals surface area contributed by atoms with Crippen LogP contribution in [0.15, 0.2) is 152 Å². The van der Waals surface area contributed by atoms with Gasteiger partial charge in [0.05, 0.1) is 0 Å². The van der Waals surface area contributed by atoms with E-state index in [0.717, 1.165) is 21.9 Å². The first-order chi connectivity index (χ1) is 21.2. The zero-order valence-corrected chi connectivity index (χ0v) is 23.4. The van der Waals surface area contributed by atoms with Crippen molar-refractivity contribution in [3.63, 3.8) is 0 Å². The van der Waals surface area contributed by atoms with Crippen LogP contribution in [0, 0.1) is 0 Å². The average molecular weight is 550 g/mol. The second-order valence-corrected chi connectivity index (χ2v) is 11.1. The highest BCUT2D eigenvalue weighted by Crippen LogP contribution is 2.46. The molecular formula is C40H27BO2. The van der Waals surface area contributed by atoms with E-state index in [1.165, 1.54) is 54.6 Å². The third-order valence-corrected chi connectivity index (χ3v) is 8.66. The number of hydrogen-bond acceptors (Lipinski definition) is 2. The molecule has 0 fully saturated rings. The van der Waals surface area contributed by atoms with Crippen LogP contribution in [0.25, 0.3) is 76.5 Å². The average Bonchev–Trinajstić information content (AvgIpc) is 3.06. The Kier molecular flexibility index (Phi) is 6.08. The molecule has 0 bridgehead atoms. The first-order valence-corrected chi connectivity index (χ1v) is 14.6. The number of rotatable bonds is 4. The third kappa shape index (κ3) is 4.21. The highest BCUT2D eigenvalue weighted by atomic mass is 16.4. The molecule has 0 aliphatic carbocycles. The Bertz CT molecular complexity index is 2280. The highest BCUT2D eigenvalue weighted by molar-refractivity contribution is 6.58. The summed E-state index contributed by atoms with van der Waals surface area (Å²) in [4.78, 5) is 0. The molecule has 0 unspecified atom stereocenters. The molecule has 0 spiro atoms. The molecule has 0 amide bonds. The van der Waals surface area contributed by atoms with Gasteiger partial charge in [0.25, 0.3) is 0 Å². The van der Waals surface area contributed by atoms with Crippen LogP contribution in [0.1, 0.15) is 0 Å². The summed E-state index contributed by atoms with van der Waals surface area (Å²) in [7, 11) is -1.51. The van der Waals surface area contributed by atoms with Crippen molar-refractivity contribution in [2.24, 2.45) is 0 Å². The van der Waals surface area contributed by atoms with Crippen LogP contribution in [-0.4, -0.2) is 17.2 Å². The van der Waals surface area contributed by atoms with Gasteiger partial charge in [0.2, 0.25) is 0 Å². The molecule has 0 aliphatic heterocycles. The summed E-state index contributed by atoms with van der Waals surface area (Å²) in [5.74, 6) is 0. The van der Waals surface area contributed by atoms with Crippen LogP contribution < -0.4 is 5.46 Å². The summed E-state index contributed by atoms with van der Waals surface area (Å²) in [6.07, 6.45) is 0. The van der Waals surface area contributed by atoms with Crippen molar-refractivity contribution >= 4 is 55.7 Å². The monoisotopic (exact) mass is 550 g/mol. The molecule has 0 heterocycles. The molecule has 0 atom stereocenters. The van der Waals surface area contributed by atoms with Crippen LogP contribution in [0.2, 0.25) is 0 Å². The fourth-order valence-electron chi connectivity index (χ4n) is 6.71. The molecule has 202 valence electrons. The summed E-state index contributed by atoms with van der Waals surface area (Å²) in [6.45, 7) is 0. The van der Waals surface area contributed by atoms with Gasteiger partial charge in [-0.05, 0) is 88.0 Å². The van der Waals surface area contributed by atoms with E-state index in [2.05, 4.69) is 127 Å². The Balaban J connectivity index is 1.44. The summed E-state index contributed by atoms with van der Waals surface area (Å²) < 4.78 is 0. The second-order valence-electron chi connectivity index (χ2n) is 11.1. The predicted octanol–water partition coefficient (Wildman–Crippen LogP) is 8.98. The van der Waals surface area contributed by atoms with E-state index < -0.39 is 7.12 Å². The highest BCUT2D eigenvalue weighted by Gasteiger charge is 2.19. The van der Waals surface area contributed by atoms with Gasteiger partial charge in [-0.3, -0.25) is 0 Å². The minimum Gasteiger partial charge on any atom is -0.423 e. The summed E-state index contributed by atoms with van der Waals surface area (Å²) in [5.41, 5.74) is 7.35. The Morgan fingerprint density at radius 1 is 0.349 bits per heavy atom. The molecule has 0 aliphatic rings. The predicted molar refractivity (Wildman–Crippen MR) is 183 cm³/mol. The summed E-state index contributed by atoms with van der Waals surface area (Å²) >= 11 is 0. The maximum Gasteiger partial charge on any atom is 0.488 e. The van der Waals surface area contributed by atoms with Crippen molar-refractivity contribution in [3.05, 3.63) is 152 Å². The van der Waals surface area contributed by atoms with E-state index >= 15 is 0 Å². The largest absolute Gasteiger partial charge is 0.488 e. The zero-order chi connectivity index (χ0) is 28.9. The maximum absolute atomic E-state index is 9.81. The van der Waals surface area contributed by atoms with Gasteiger partial charge >= 0.3 is 7.12 Å².